The van der Waals surface area contributed by atoms with E-state index >= 15 is 0 Å². The fourth-order valence-electron chi connectivity index (χ4n) is 0.427. The summed E-state index contributed by atoms with van der Waals surface area (Å²) in [6, 6.07) is 0. The van der Waals surface area contributed by atoms with Crippen LogP contribution in [0.15, 0.2) is 37.2 Å². The summed E-state index contributed by atoms with van der Waals surface area (Å²) in [7, 11) is 5.68. The van der Waals surface area contributed by atoms with Crippen LogP contribution in [0.1, 0.15) is 6.92 Å². The van der Waals surface area contributed by atoms with Gasteiger partial charge in [0.1, 0.15) is 0 Å². The average Bonchev–Trinajstić information content (AvgIpc) is 2.05. The molecule has 0 saturated carbocycles. The maximum Gasteiger partial charge on any atom is 0.0106 e. The second-order valence-electron chi connectivity index (χ2n) is 2.43. The molecule has 0 bridgehead atoms. The monoisotopic (exact) mass is 168 g/mol. The van der Waals surface area contributed by atoms with E-state index in [0.717, 1.165) is 5.57 Å². The smallest absolute Gasteiger partial charge is 0.0106 e. The average molecular weight is 168 g/mol. The van der Waals surface area contributed by atoms with Crippen LogP contribution < -0.4 is 5.32 Å². The topological polar surface area (TPSA) is 15.3 Å². The predicted octanol–water partition coefficient (Wildman–Crippen LogP) is 1.99. The molecule has 0 heterocycles. The third kappa shape index (κ3) is 11.7. The van der Waals surface area contributed by atoms with E-state index in [1.54, 1.807) is 12.3 Å². The van der Waals surface area contributed by atoms with Crippen LogP contribution >= 0.6 is 0 Å². The van der Waals surface area contributed by atoms with E-state index in [2.05, 4.69) is 18.5 Å². The lowest BCUT2D eigenvalue weighted by molar-refractivity contribution is 0.623. The van der Waals surface area contributed by atoms with Crippen molar-refractivity contribution in [1.82, 2.24) is 10.2 Å². The molecule has 0 fully saturated rings. The highest BCUT2D eigenvalue weighted by molar-refractivity contribution is 5.12. The standard InChI is InChI=1S/C8H13N.C2H7N/c1-5-8(3)7-9(4)6-2;1-3-2/h5-7H,1-2H2,3-4H3;3H,1-2H3/b8-7-;. The zero-order chi connectivity index (χ0) is 9.98. The van der Waals surface area contributed by atoms with Crippen molar-refractivity contribution in [2.45, 2.75) is 6.92 Å². The molecule has 12 heavy (non-hydrogen) atoms. The van der Waals surface area contributed by atoms with Gasteiger partial charge in [-0.15, -0.1) is 0 Å². The normalized spacial score (nSPS) is 9.50. The first-order valence-corrected chi connectivity index (χ1v) is 3.86. The van der Waals surface area contributed by atoms with Gasteiger partial charge < -0.3 is 10.2 Å². The van der Waals surface area contributed by atoms with Crippen LogP contribution in [-0.4, -0.2) is 26.0 Å². The fourth-order valence-corrected chi connectivity index (χ4v) is 0.427. The zero-order valence-electron chi connectivity index (χ0n) is 8.59. The number of nitrogens with one attached hydrogen (secondary N) is 1. The Bertz CT molecular complexity index is 148. The lowest BCUT2D eigenvalue weighted by Gasteiger charge is -2.05. The third-order valence-corrected chi connectivity index (χ3v) is 1.02. The van der Waals surface area contributed by atoms with E-state index in [1.165, 1.54) is 0 Å². The Morgan fingerprint density at radius 3 is 2.00 bits per heavy atom. The molecule has 0 spiro atoms. The molecule has 0 amide bonds. The molecule has 0 aromatic rings. The van der Waals surface area contributed by atoms with Gasteiger partial charge in [0.05, 0.1) is 0 Å². The molecule has 70 valence electrons. The van der Waals surface area contributed by atoms with Gasteiger partial charge in [-0.1, -0.05) is 19.2 Å². The molecular formula is C10H20N2. The highest BCUT2D eigenvalue weighted by atomic mass is 15.0. The van der Waals surface area contributed by atoms with Crippen molar-refractivity contribution in [2.75, 3.05) is 21.1 Å². The first kappa shape index (κ1) is 13.6. The second kappa shape index (κ2) is 9.98. The molecule has 0 aliphatic heterocycles. The Morgan fingerprint density at radius 1 is 1.33 bits per heavy atom. The molecule has 0 aromatic carbocycles. The van der Waals surface area contributed by atoms with Gasteiger partial charge in [0, 0.05) is 13.2 Å². The van der Waals surface area contributed by atoms with E-state index in [1.807, 2.05) is 39.2 Å². The van der Waals surface area contributed by atoms with Crippen molar-refractivity contribution >= 4 is 0 Å². The summed E-state index contributed by atoms with van der Waals surface area (Å²) in [4.78, 5) is 1.89. The first-order chi connectivity index (χ1) is 5.62. The summed E-state index contributed by atoms with van der Waals surface area (Å²) in [5, 5.41) is 2.75. The van der Waals surface area contributed by atoms with E-state index in [9.17, 15) is 0 Å². The molecule has 0 aliphatic rings. The van der Waals surface area contributed by atoms with Gasteiger partial charge in [-0.2, -0.15) is 0 Å². The molecule has 0 atom stereocenters. The largest absolute Gasteiger partial charge is 0.358 e. The predicted molar refractivity (Wildman–Crippen MR) is 56.9 cm³/mol. The SMILES string of the molecule is C=C/C(C)=C\N(C)C=C.CNC. The van der Waals surface area contributed by atoms with Crippen LogP contribution in [0.4, 0.5) is 0 Å². The van der Waals surface area contributed by atoms with Gasteiger partial charge in [-0.05, 0) is 32.8 Å². The van der Waals surface area contributed by atoms with E-state index in [0.29, 0.717) is 0 Å². The van der Waals surface area contributed by atoms with Crippen LogP contribution in [0.25, 0.3) is 0 Å². The van der Waals surface area contributed by atoms with Gasteiger partial charge in [-0.25, -0.2) is 0 Å². The third-order valence-electron chi connectivity index (χ3n) is 1.02. The molecule has 0 unspecified atom stereocenters. The van der Waals surface area contributed by atoms with Crippen LogP contribution in [0, 0.1) is 0 Å². The van der Waals surface area contributed by atoms with Crippen LogP contribution in [0.5, 0.6) is 0 Å². The summed E-state index contributed by atoms with van der Waals surface area (Å²) in [5.74, 6) is 0. The zero-order valence-corrected chi connectivity index (χ0v) is 8.59. The fraction of sp³-hybridized carbons (Fsp3) is 0.400. The molecular weight excluding hydrogens is 148 g/mol. The summed E-state index contributed by atoms with van der Waals surface area (Å²) in [6.07, 6.45) is 5.51. The van der Waals surface area contributed by atoms with Crippen molar-refractivity contribution in [1.29, 1.82) is 0 Å². The van der Waals surface area contributed by atoms with Gasteiger partial charge in [0.2, 0.25) is 0 Å². The Kier molecular flexibility index (Phi) is 11.3. The van der Waals surface area contributed by atoms with Crippen LogP contribution in [-0.2, 0) is 0 Å². The van der Waals surface area contributed by atoms with E-state index in [4.69, 9.17) is 0 Å². The summed E-state index contributed by atoms with van der Waals surface area (Å²) < 4.78 is 0. The van der Waals surface area contributed by atoms with Gasteiger partial charge in [0.25, 0.3) is 0 Å². The maximum absolute atomic E-state index is 3.62. The number of hydrogen-bond donors (Lipinski definition) is 1. The number of allylic oxidation sites excluding steroid dienone is 2. The second-order valence-corrected chi connectivity index (χ2v) is 2.43. The molecule has 2 heteroatoms. The Balaban J connectivity index is 0. The molecule has 0 saturated heterocycles. The van der Waals surface area contributed by atoms with Gasteiger partial charge in [0.15, 0.2) is 0 Å². The Morgan fingerprint density at radius 2 is 1.75 bits per heavy atom. The molecule has 0 aliphatic carbocycles. The number of hydrogen-bond acceptors (Lipinski definition) is 2. The van der Waals surface area contributed by atoms with Gasteiger partial charge in [-0.3, -0.25) is 0 Å². The molecule has 0 aromatic heterocycles. The van der Waals surface area contributed by atoms with Crippen molar-refractivity contribution in [3.63, 3.8) is 0 Å². The number of rotatable bonds is 3. The highest BCUT2D eigenvalue weighted by Gasteiger charge is 1.81. The summed E-state index contributed by atoms with van der Waals surface area (Å²) >= 11 is 0. The van der Waals surface area contributed by atoms with Crippen molar-refractivity contribution < 1.29 is 0 Å². The summed E-state index contributed by atoms with van der Waals surface area (Å²) in [5.41, 5.74) is 1.14. The minimum Gasteiger partial charge on any atom is -0.358 e. The Labute approximate surface area is 76.3 Å². The lowest BCUT2D eigenvalue weighted by Crippen LogP contribution is -1.99. The quantitative estimate of drug-likeness (QED) is 0.648. The molecule has 1 N–H and O–H groups in total. The highest BCUT2D eigenvalue weighted by Crippen LogP contribution is 1.94. The lowest BCUT2D eigenvalue weighted by atomic mass is 10.3. The van der Waals surface area contributed by atoms with Crippen LogP contribution in [0.2, 0.25) is 0 Å². The first-order valence-electron chi connectivity index (χ1n) is 3.86. The van der Waals surface area contributed by atoms with E-state index in [-0.39, 0.29) is 0 Å². The Hall–Kier alpha value is -1.02. The van der Waals surface area contributed by atoms with Crippen LogP contribution in [0.3, 0.4) is 0 Å². The summed E-state index contributed by atoms with van der Waals surface area (Å²) in [6.45, 7) is 9.21. The van der Waals surface area contributed by atoms with Gasteiger partial charge >= 0.3 is 0 Å². The minimum atomic E-state index is 1.14. The molecule has 0 radical (unpaired) electrons. The van der Waals surface area contributed by atoms with Crippen molar-refractivity contribution in [3.05, 3.63) is 37.2 Å². The molecule has 2 nitrogen and oxygen atoms in total. The van der Waals surface area contributed by atoms with E-state index < -0.39 is 0 Å². The maximum atomic E-state index is 3.62. The van der Waals surface area contributed by atoms with Crippen molar-refractivity contribution in [3.8, 4) is 0 Å². The minimum absolute atomic E-state index is 1.14. The number of nitrogens with zero attached hydrogens (tertiary/aromatic N) is 1. The van der Waals surface area contributed by atoms with Crippen molar-refractivity contribution in [2.24, 2.45) is 0 Å². The molecule has 0 rings (SSSR count).